The number of ketones is 1. The lowest BCUT2D eigenvalue weighted by molar-refractivity contribution is -0.141. The van der Waals surface area contributed by atoms with E-state index >= 15 is 0 Å². The van der Waals surface area contributed by atoms with Crippen molar-refractivity contribution in [1.29, 1.82) is 0 Å². The van der Waals surface area contributed by atoms with Gasteiger partial charge in [-0.3, -0.25) is 9.59 Å². The summed E-state index contributed by atoms with van der Waals surface area (Å²) >= 11 is 0. The predicted molar refractivity (Wildman–Crippen MR) is 61.0 cm³/mol. The molecule has 0 atom stereocenters. The van der Waals surface area contributed by atoms with Gasteiger partial charge in [0.2, 0.25) is 0 Å². The number of rotatable bonds is 7. The summed E-state index contributed by atoms with van der Waals surface area (Å²) in [4.78, 5) is 32.9. The SMILES string of the molecule is CCCCOC(=O)C(C)=COC(=O)CC(C)=O. The van der Waals surface area contributed by atoms with E-state index in [2.05, 4.69) is 4.74 Å². The zero-order valence-corrected chi connectivity index (χ0v) is 10.4. The number of carbonyl (C=O) groups is 3. The fraction of sp³-hybridized carbons (Fsp3) is 0.583. The summed E-state index contributed by atoms with van der Waals surface area (Å²) in [6.45, 7) is 5.11. The monoisotopic (exact) mass is 242 g/mol. The highest BCUT2D eigenvalue weighted by Gasteiger charge is 2.09. The highest BCUT2D eigenvalue weighted by Crippen LogP contribution is 2.00. The van der Waals surface area contributed by atoms with Gasteiger partial charge in [-0.2, -0.15) is 0 Å². The van der Waals surface area contributed by atoms with Crippen molar-refractivity contribution in [3.8, 4) is 0 Å². The summed E-state index contributed by atoms with van der Waals surface area (Å²) < 4.78 is 9.51. The Hall–Kier alpha value is -1.65. The molecule has 0 aromatic carbocycles. The van der Waals surface area contributed by atoms with Crippen molar-refractivity contribution in [2.45, 2.75) is 40.0 Å². The van der Waals surface area contributed by atoms with Crippen molar-refractivity contribution in [3.05, 3.63) is 11.8 Å². The minimum Gasteiger partial charge on any atom is -0.462 e. The maximum Gasteiger partial charge on any atom is 0.336 e. The number of carbonyl (C=O) groups excluding carboxylic acids is 3. The molecule has 0 saturated carbocycles. The molecular weight excluding hydrogens is 224 g/mol. The van der Waals surface area contributed by atoms with E-state index < -0.39 is 11.9 Å². The first-order valence-electron chi connectivity index (χ1n) is 5.50. The number of ether oxygens (including phenoxy) is 2. The van der Waals surface area contributed by atoms with E-state index in [1.807, 2.05) is 6.92 Å². The topological polar surface area (TPSA) is 69.7 Å². The molecule has 0 aromatic heterocycles. The van der Waals surface area contributed by atoms with Gasteiger partial charge < -0.3 is 9.47 Å². The van der Waals surface area contributed by atoms with Crippen LogP contribution in [0.15, 0.2) is 11.8 Å². The number of unbranched alkanes of at least 4 members (excludes halogenated alkanes) is 1. The van der Waals surface area contributed by atoms with Crippen LogP contribution in [-0.2, 0) is 23.9 Å². The van der Waals surface area contributed by atoms with E-state index in [9.17, 15) is 14.4 Å². The van der Waals surface area contributed by atoms with Crippen molar-refractivity contribution in [2.24, 2.45) is 0 Å². The van der Waals surface area contributed by atoms with Gasteiger partial charge in [-0.15, -0.1) is 0 Å². The standard InChI is InChI=1S/C12H18O5/c1-4-5-6-16-12(15)9(2)8-17-11(14)7-10(3)13/h8H,4-7H2,1-3H3. The first-order chi connectivity index (χ1) is 7.97. The molecule has 5 nitrogen and oxygen atoms in total. The summed E-state index contributed by atoms with van der Waals surface area (Å²) in [5.41, 5.74) is 0.193. The molecule has 0 bridgehead atoms. The average Bonchev–Trinajstić information content (AvgIpc) is 2.25. The van der Waals surface area contributed by atoms with Gasteiger partial charge >= 0.3 is 11.9 Å². The van der Waals surface area contributed by atoms with Gasteiger partial charge in [-0.25, -0.2) is 4.79 Å². The van der Waals surface area contributed by atoms with Crippen LogP contribution in [0.4, 0.5) is 0 Å². The normalized spacial score (nSPS) is 10.9. The van der Waals surface area contributed by atoms with Gasteiger partial charge in [0.15, 0.2) is 0 Å². The number of esters is 2. The van der Waals surface area contributed by atoms with Crippen LogP contribution in [0.3, 0.4) is 0 Å². The van der Waals surface area contributed by atoms with Gasteiger partial charge in [-0.1, -0.05) is 13.3 Å². The van der Waals surface area contributed by atoms with E-state index in [0.29, 0.717) is 6.61 Å². The molecule has 0 fully saturated rings. The van der Waals surface area contributed by atoms with Crippen LogP contribution in [0.1, 0.15) is 40.0 Å². The van der Waals surface area contributed by atoms with Crippen LogP contribution in [0, 0.1) is 0 Å². The molecule has 17 heavy (non-hydrogen) atoms. The Kier molecular flexibility index (Phi) is 7.67. The lowest BCUT2D eigenvalue weighted by atomic mass is 10.3. The van der Waals surface area contributed by atoms with Gasteiger partial charge in [-0.05, 0) is 20.3 Å². The second kappa shape index (κ2) is 8.50. The average molecular weight is 242 g/mol. The second-order valence-electron chi connectivity index (χ2n) is 3.66. The molecule has 0 unspecified atom stereocenters. The molecular formula is C12H18O5. The summed E-state index contributed by atoms with van der Waals surface area (Å²) in [6.07, 6.45) is 2.45. The number of hydrogen-bond acceptors (Lipinski definition) is 5. The predicted octanol–water partition coefficient (Wildman–Crippen LogP) is 1.76. The lowest BCUT2D eigenvalue weighted by Crippen LogP contribution is -2.09. The molecule has 0 radical (unpaired) electrons. The van der Waals surface area contributed by atoms with Crippen molar-refractivity contribution in [1.82, 2.24) is 0 Å². The zero-order chi connectivity index (χ0) is 13.3. The summed E-state index contributed by atoms with van der Waals surface area (Å²) in [7, 11) is 0. The van der Waals surface area contributed by atoms with E-state index in [1.165, 1.54) is 13.8 Å². The van der Waals surface area contributed by atoms with Crippen LogP contribution in [-0.4, -0.2) is 24.3 Å². The van der Waals surface area contributed by atoms with Crippen molar-refractivity contribution < 1.29 is 23.9 Å². The van der Waals surface area contributed by atoms with Crippen LogP contribution >= 0.6 is 0 Å². The van der Waals surface area contributed by atoms with Gasteiger partial charge in [0, 0.05) is 0 Å². The molecule has 0 rings (SSSR count). The first-order valence-corrected chi connectivity index (χ1v) is 5.50. The number of hydrogen-bond donors (Lipinski definition) is 0. The third-order valence-corrected chi connectivity index (χ3v) is 1.81. The zero-order valence-electron chi connectivity index (χ0n) is 10.4. The smallest absolute Gasteiger partial charge is 0.336 e. The van der Waals surface area contributed by atoms with Gasteiger partial charge in [0.25, 0.3) is 0 Å². The molecule has 0 aliphatic carbocycles. The highest BCUT2D eigenvalue weighted by molar-refractivity contribution is 5.94. The molecule has 0 aliphatic rings. The molecule has 96 valence electrons. The summed E-state index contributed by atoms with van der Waals surface area (Å²) in [5, 5.41) is 0. The summed E-state index contributed by atoms with van der Waals surface area (Å²) in [5.74, 6) is -1.49. The largest absolute Gasteiger partial charge is 0.462 e. The van der Waals surface area contributed by atoms with Crippen LogP contribution in [0.5, 0.6) is 0 Å². The molecule has 5 heteroatoms. The third kappa shape index (κ3) is 8.19. The first kappa shape index (κ1) is 15.3. The van der Waals surface area contributed by atoms with Crippen molar-refractivity contribution in [2.75, 3.05) is 6.61 Å². The molecule has 0 amide bonds. The van der Waals surface area contributed by atoms with E-state index in [1.54, 1.807) is 0 Å². The van der Waals surface area contributed by atoms with Crippen LogP contribution < -0.4 is 0 Å². The Morgan fingerprint density at radius 3 is 2.35 bits per heavy atom. The fourth-order valence-electron chi connectivity index (χ4n) is 0.870. The number of Topliss-reactive ketones (excluding diaryl/α,β-unsaturated/α-hetero) is 1. The van der Waals surface area contributed by atoms with Crippen molar-refractivity contribution >= 4 is 17.7 Å². The van der Waals surface area contributed by atoms with Crippen LogP contribution in [0.25, 0.3) is 0 Å². The molecule has 0 heterocycles. The van der Waals surface area contributed by atoms with E-state index in [-0.39, 0.29) is 17.8 Å². The maximum atomic E-state index is 11.3. The Bertz CT molecular complexity index is 317. The maximum absolute atomic E-state index is 11.3. The molecule has 0 aliphatic heterocycles. The molecule has 0 N–H and O–H groups in total. The van der Waals surface area contributed by atoms with Crippen LogP contribution in [0.2, 0.25) is 0 Å². The second-order valence-corrected chi connectivity index (χ2v) is 3.66. The lowest BCUT2D eigenvalue weighted by Gasteiger charge is -2.03. The van der Waals surface area contributed by atoms with Gasteiger partial charge in [0.1, 0.15) is 18.5 Å². The molecule has 0 saturated heterocycles. The molecule has 0 spiro atoms. The van der Waals surface area contributed by atoms with E-state index in [4.69, 9.17) is 4.74 Å². The third-order valence-electron chi connectivity index (χ3n) is 1.81. The fourth-order valence-corrected chi connectivity index (χ4v) is 0.870. The Morgan fingerprint density at radius 1 is 1.18 bits per heavy atom. The van der Waals surface area contributed by atoms with Crippen molar-refractivity contribution in [3.63, 3.8) is 0 Å². The Morgan fingerprint density at radius 2 is 1.82 bits per heavy atom. The van der Waals surface area contributed by atoms with E-state index in [0.717, 1.165) is 19.1 Å². The van der Waals surface area contributed by atoms with Gasteiger partial charge in [0.05, 0.1) is 12.2 Å². The minimum atomic E-state index is -0.682. The Labute approximate surface area is 101 Å². The highest BCUT2D eigenvalue weighted by atomic mass is 16.5. The summed E-state index contributed by atoms with van der Waals surface area (Å²) in [6, 6.07) is 0. The quantitative estimate of drug-likeness (QED) is 0.224. The minimum absolute atomic E-state index is 0.193. The molecule has 0 aromatic rings. The Balaban J connectivity index is 4.03.